The molecule has 0 aromatic carbocycles. The van der Waals surface area contributed by atoms with Gasteiger partial charge in [0.1, 0.15) is 16.7 Å². The van der Waals surface area contributed by atoms with Gasteiger partial charge >= 0.3 is 0 Å². The average Bonchev–Trinajstić information content (AvgIpc) is 2.35. The monoisotopic (exact) mass is 282 g/mol. The number of anilines is 1. The quantitative estimate of drug-likeness (QED) is 0.527. The van der Waals surface area contributed by atoms with Crippen LogP contribution in [0.15, 0.2) is 29.6 Å². The number of aromatic nitrogens is 3. The number of pyridine rings is 1. The molecule has 0 atom stereocenters. The Morgan fingerprint density at radius 2 is 2.22 bits per heavy atom. The minimum Gasteiger partial charge on any atom is -0.497 e. The fourth-order valence-corrected chi connectivity index (χ4v) is 2.29. The molecule has 0 amide bonds. The van der Waals surface area contributed by atoms with E-state index in [1.54, 1.807) is 19.4 Å². The van der Waals surface area contributed by atoms with Crippen LogP contribution in [0, 0.1) is 0 Å². The summed E-state index contributed by atoms with van der Waals surface area (Å²) in [6, 6.07) is 5.17. The van der Waals surface area contributed by atoms with Gasteiger partial charge in [-0.05, 0) is 6.07 Å². The predicted octanol–water partition coefficient (Wildman–Crippen LogP) is 2.41. The van der Waals surface area contributed by atoms with Gasteiger partial charge in [0.25, 0.3) is 0 Å². The number of methoxy groups -OCH3 is 1. The van der Waals surface area contributed by atoms with E-state index in [4.69, 9.17) is 22.1 Å². The number of rotatable bonds is 4. The standard InChI is InChI=1S/C11H11ClN4OS/c1-17-8-2-3-14-7(4-8)6-18-11-15-9(12)5-10(13)16-11/h2-5H,6H2,1H3,(H2,13,15,16). The number of nitrogen functional groups attached to an aromatic ring is 1. The maximum Gasteiger partial charge on any atom is 0.191 e. The molecule has 2 rings (SSSR count). The van der Waals surface area contributed by atoms with Crippen molar-refractivity contribution >= 4 is 29.2 Å². The molecule has 0 aliphatic heterocycles. The lowest BCUT2D eigenvalue weighted by Crippen LogP contribution is -1.95. The van der Waals surface area contributed by atoms with Crippen LogP contribution in [0.3, 0.4) is 0 Å². The van der Waals surface area contributed by atoms with Crippen molar-refractivity contribution < 1.29 is 4.74 Å². The number of ether oxygens (including phenoxy) is 1. The van der Waals surface area contributed by atoms with Crippen LogP contribution in [-0.4, -0.2) is 22.1 Å². The highest BCUT2D eigenvalue weighted by Gasteiger charge is 2.04. The third-order valence-electron chi connectivity index (χ3n) is 2.07. The van der Waals surface area contributed by atoms with Crippen LogP contribution in [0.4, 0.5) is 5.82 Å². The van der Waals surface area contributed by atoms with Gasteiger partial charge in [0.2, 0.25) is 0 Å². The highest BCUT2D eigenvalue weighted by molar-refractivity contribution is 7.98. The minimum absolute atomic E-state index is 0.337. The molecule has 0 fully saturated rings. The van der Waals surface area contributed by atoms with Crippen LogP contribution in [-0.2, 0) is 5.75 Å². The zero-order valence-corrected chi connectivity index (χ0v) is 11.2. The number of thioether (sulfide) groups is 1. The molecule has 0 unspecified atom stereocenters. The van der Waals surface area contributed by atoms with Crippen molar-refractivity contribution in [3.05, 3.63) is 35.2 Å². The van der Waals surface area contributed by atoms with Crippen LogP contribution in [0.1, 0.15) is 5.69 Å². The number of halogens is 1. The first-order valence-electron chi connectivity index (χ1n) is 5.09. The first-order chi connectivity index (χ1) is 8.67. The van der Waals surface area contributed by atoms with Crippen LogP contribution >= 0.6 is 23.4 Å². The highest BCUT2D eigenvalue weighted by Crippen LogP contribution is 2.22. The molecule has 0 saturated heterocycles. The van der Waals surface area contributed by atoms with Gasteiger partial charge in [0, 0.05) is 24.1 Å². The van der Waals surface area contributed by atoms with Gasteiger partial charge in [-0.3, -0.25) is 4.98 Å². The Kier molecular flexibility index (Phi) is 4.22. The van der Waals surface area contributed by atoms with Crippen molar-refractivity contribution in [3.8, 4) is 5.75 Å². The lowest BCUT2D eigenvalue weighted by molar-refractivity contribution is 0.413. The van der Waals surface area contributed by atoms with Gasteiger partial charge in [0.05, 0.1) is 12.8 Å². The molecule has 0 bridgehead atoms. The van der Waals surface area contributed by atoms with E-state index in [0.717, 1.165) is 11.4 Å². The third kappa shape index (κ3) is 3.48. The van der Waals surface area contributed by atoms with Crippen molar-refractivity contribution in [2.24, 2.45) is 0 Å². The maximum atomic E-state index is 5.80. The van der Waals surface area contributed by atoms with E-state index >= 15 is 0 Å². The molecular formula is C11H11ClN4OS. The van der Waals surface area contributed by atoms with Crippen LogP contribution < -0.4 is 10.5 Å². The van der Waals surface area contributed by atoms with Gasteiger partial charge in [-0.25, -0.2) is 9.97 Å². The lowest BCUT2D eigenvalue weighted by atomic mass is 10.3. The van der Waals surface area contributed by atoms with Gasteiger partial charge in [-0.1, -0.05) is 23.4 Å². The SMILES string of the molecule is COc1ccnc(CSc2nc(N)cc(Cl)n2)c1. The summed E-state index contributed by atoms with van der Waals surface area (Å²) in [6.07, 6.45) is 1.70. The van der Waals surface area contributed by atoms with E-state index in [0.29, 0.717) is 21.9 Å². The molecule has 2 heterocycles. The Labute approximate surface area is 114 Å². The average molecular weight is 283 g/mol. The number of hydrogen-bond acceptors (Lipinski definition) is 6. The molecule has 0 saturated carbocycles. The van der Waals surface area contributed by atoms with E-state index in [2.05, 4.69) is 15.0 Å². The van der Waals surface area contributed by atoms with Crippen LogP contribution in [0.5, 0.6) is 5.75 Å². The predicted molar refractivity (Wildman–Crippen MR) is 71.8 cm³/mol. The Morgan fingerprint density at radius 1 is 1.39 bits per heavy atom. The van der Waals surface area contributed by atoms with E-state index < -0.39 is 0 Å². The molecule has 7 heteroatoms. The van der Waals surface area contributed by atoms with E-state index in [9.17, 15) is 0 Å². The van der Waals surface area contributed by atoms with Gasteiger partial charge in [-0.2, -0.15) is 0 Å². The highest BCUT2D eigenvalue weighted by atomic mass is 35.5. The zero-order valence-electron chi connectivity index (χ0n) is 9.63. The molecule has 0 spiro atoms. The Bertz CT molecular complexity index is 532. The molecule has 2 N–H and O–H groups in total. The summed E-state index contributed by atoms with van der Waals surface area (Å²) in [5.41, 5.74) is 6.47. The summed E-state index contributed by atoms with van der Waals surface area (Å²) >= 11 is 7.22. The molecule has 2 aromatic heterocycles. The first-order valence-corrected chi connectivity index (χ1v) is 6.45. The molecule has 5 nitrogen and oxygen atoms in total. The second-order valence-corrected chi connectivity index (χ2v) is 4.70. The minimum atomic E-state index is 0.337. The Morgan fingerprint density at radius 3 is 2.94 bits per heavy atom. The molecule has 2 aromatic rings. The van der Waals surface area contributed by atoms with Crippen LogP contribution in [0.2, 0.25) is 5.15 Å². The first kappa shape index (κ1) is 12.9. The molecule has 94 valence electrons. The van der Waals surface area contributed by atoms with Gasteiger partial charge < -0.3 is 10.5 Å². The van der Waals surface area contributed by atoms with Crippen molar-refractivity contribution in [1.29, 1.82) is 0 Å². The van der Waals surface area contributed by atoms with Crippen molar-refractivity contribution in [2.45, 2.75) is 10.9 Å². The topological polar surface area (TPSA) is 73.9 Å². The Hall–Kier alpha value is -1.53. The smallest absolute Gasteiger partial charge is 0.191 e. The fourth-order valence-electron chi connectivity index (χ4n) is 1.28. The summed E-state index contributed by atoms with van der Waals surface area (Å²) < 4.78 is 5.12. The van der Waals surface area contributed by atoms with Crippen LogP contribution in [0.25, 0.3) is 0 Å². The van der Waals surface area contributed by atoms with Crippen molar-refractivity contribution in [3.63, 3.8) is 0 Å². The number of hydrogen-bond donors (Lipinski definition) is 1. The molecule has 0 radical (unpaired) electrons. The van der Waals surface area contributed by atoms with E-state index in [1.807, 2.05) is 6.07 Å². The number of nitrogens with zero attached hydrogens (tertiary/aromatic N) is 3. The summed E-state index contributed by atoms with van der Waals surface area (Å²) in [7, 11) is 1.62. The lowest BCUT2D eigenvalue weighted by Gasteiger charge is -2.03. The Balaban J connectivity index is 2.06. The van der Waals surface area contributed by atoms with Crippen molar-refractivity contribution in [1.82, 2.24) is 15.0 Å². The second-order valence-electron chi connectivity index (χ2n) is 3.37. The summed E-state index contributed by atoms with van der Waals surface area (Å²) in [4.78, 5) is 12.4. The second kappa shape index (κ2) is 5.88. The largest absolute Gasteiger partial charge is 0.497 e. The fraction of sp³-hybridized carbons (Fsp3) is 0.182. The van der Waals surface area contributed by atoms with Gasteiger partial charge in [-0.15, -0.1) is 0 Å². The number of nitrogens with two attached hydrogens (primary N) is 1. The third-order valence-corrected chi connectivity index (χ3v) is 3.14. The summed E-state index contributed by atoms with van der Waals surface area (Å²) in [5, 5.41) is 0.869. The van der Waals surface area contributed by atoms with E-state index in [-0.39, 0.29) is 0 Å². The van der Waals surface area contributed by atoms with E-state index in [1.165, 1.54) is 17.8 Å². The summed E-state index contributed by atoms with van der Waals surface area (Å²) in [5.74, 6) is 1.75. The molecule has 0 aliphatic carbocycles. The van der Waals surface area contributed by atoms with Gasteiger partial charge in [0.15, 0.2) is 5.16 Å². The zero-order chi connectivity index (χ0) is 13.0. The van der Waals surface area contributed by atoms with Crippen molar-refractivity contribution in [2.75, 3.05) is 12.8 Å². The normalized spacial score (nSPS) is 10.3. The molecule has 0 aliphatic rings. The summed E-state index contributed by atoms with van der Waals surface area (Å²) in [6.45, 7) is 0. The maximum absolute atomic E-state index is 5.80. The molecular weight excluding hydrogens is 272 g/mol. The molecule has 18 heavy (non-hydrogen) atoms.